The van der Waals surface area contributed by atoms with Crippen molar-refractivity contribution < 1.29 is 14.3 Å². The smallest absolute Gasteiger partial charge is 0.335 e. The maximum absolute atomic E-state index is 13.3. The molecule has 0 unspecified atom stereocenters. The van der Waals surface area contributed by atoms with Crippen molar-refractivity contribution in [3.63, 3.8) is 0 Å². The molecule has 0 aromatic heterocycles. The SMILES string of the molecule is Cc1cc(F)cc(-c2ccc(C)c(C(=O)O)c2)c1. The van der Waals surface area contributed by atoms with Crippen LogP contribution in [-0.2, 0) is 0 Å². The topological polar surface area (TPSA) is 37.3 Å². The predicted molar refractivity (Wildman–Crippen MR) is 68.3 cm³/mol. The van der Waals surface area contributed by atoms with E-state index in [1.807, 2.05) is 6.07 Å². The number of carboxylic acid groups (broad SMARTS) is 1. The Morgan fingerprint density at radius 3 is 2.39 bits per heavy atom. The number of aromatic carboxylic acids is 1. The molecule has 1 N–H and O–H groups in total. The van der Waals surface area contributed by atoms with Crippen LogP contribution in [-0.4, -0.2) is 11.1 Å². The Labute approximate surface area is 105 Å². The van der Waals surface area contributed by atoms with Gasteiger partial charge < -0.3 is 5.11 Å². The molecule has 2 aromatic rings. The van der Waals surface area contributed by atoms with Crippen molar-refractivity contribution in [3.05, 3.63) is 58.9 Å². The van der Waals surface area contributed by atoms with Gasteiger partial charge in [-0.25, -0.2) is 9.18 Å². The fourth-order valence-corrected chi connectivity index (χ4v) is 1.93. The highest BCUT2D eigenvalue weighted by atomic mass is 19.1. The average molecular weight is 244 g/mol. The van der Waals surface area contributed by atoms with Crippen LogP contribution < -0.4 is 0 Å². The van der Waals surface area contributed by atoms with Crippen LogP contribution in [0, 0.1) is 19.7 Å². The maximum atomic E-state index is 13.3. The molecule has 2 rings (SSSR count). The number of carbonyl (C=O) groups is 1. The van der Waals surface area contributed by atoms with Crippen molar-refractivity contribution in [3.8, 4) is 11.1 Å². The van der Waals surface area contributed by atoms with E-state index in [1.165, 1.54) is 12.1 Å². The quantitative estimate of drug-likeness (QED) is 0.872. The molecule has 0 fully saturated rings. The summed E-state index contributed by atoms with van der Waals surface area (Å²) < 4.78 is 13.3. The summed E-state index contributed by atoms with van der Waals surface area (Å²) in [6, 6.07) is 9.79. The predicted octanol–water partition coefficient (Wildman–Crippen LogP) is 3.81. The third-order valence-electron chi connectivity index (χ3n) is 2.84. The van der Waals surface area contributed by atoms with Gasteiger partial charge in [-0.1, -0.05) is 18.2 Å². The fraction of sp³-hybridized carbons (Fsp3) is 0.133. The van der Waals surface area contributed by atoms with Gasteiger partial charge >= 0.3 is 5.97 Å². The van der Waals surface area contributed by atoms with Crippen LogP contribution in [0.1, 0.15) is 21.5 Å². The van der Waals surface area contributed by atoms with E-state index in [0.717, 1.165) is 5.56 Å². The van der Waals surface area contributed by atoms with Crippen LogP contribution >= 0.6 is 0 Å². The van der Waals surface area contributed by atoms with E-state index in [4.69, 9.17) is 5.11 Å². The van der Waals surface area contributed by atoms with Crippen LogP contribution in [0.4, 0.5) is 4.39 Å². The summed E-state index contributed by atoms with van der Waals surface area (Å²) in [4.78, 5) is 11.1. The first-order valence-corrected chi connectivity index (χ1v) is 5.59. The van der Waals surface area contributed by atoms with Gasteiger partial charge in [0, 0.05) is 0 Å². The molecule has 0 heterocycles. The van der Waals surface area contributed by atoms with E-state index in [1.54, 1.807) is 32.0 Å². The molecule has 0 atom stereocenters. The molecule has 92 valence electrons. The maximum Gasteiger partial charge on any atom is 0.335 e. The summed E-state index contributed by atoms with van der Waals surface area (Å²) in [5.41, 5.74) is 3.15. The lowest BCUT2D eigenvalue weighted by atomic mass is 9.98. The first-order valence-electron chi connectivity index (χ1n) is 5.59. The molecule has 0 aliphatic carbocycles. The van der Waals surface area contributed by atoms with Gasteiger partial charge in [0.05, 0.1) is 5.56 Å². The number of rotatable bonds is 2. The van der Waals surface area contributed by atoms with E-state index < -0.39 is 5.97 Å². The highest BCUT2D eigenvalue weighted by molar-refractivity contribution is 5.91. The highest BCUT2D eigenvalue weighted by Gasteiger charge is 2.09. The van der Waals surface area contributed by atoms with Crippen molar-refractivity contribution >= 4 is 5.97 Å². The lowest BCUT2D eigenvalue weighted by Crippen LogP contribution is -1.99. The van der Waals surface area contributed by atoms with E-state index in [2.05, 4.69) is 0 Å². The van der Waals surface area contributed by atoms with E-state index in [-0.39, 0.29) is 11.4 Å². The van der Waals surface area contributed by atoms with Crippen molar-refractivity contribution in [2.45, 2.75) is 13.8 Å². The number of carboxylic acids is 1. The molecule has 0 radical (unpaired) electrons. The van der Waals surface area contributed by atoms with Gasteiger partial charge in [0.1, 0.15) is 5.82 Å². The second-order valence-corrected chi connectivity index (χ2v) is 4.35. The van der Waals surface area contributed by atoms with Crippen LogP contribution in [0.3, 0.4) is 0 Å². The highest BCUT2D eigenvalue weighted by Crippen LogP contribution is 2.24. The number of hydrogen-bond donors (Lipinski definition) is 1. The Morgan fingerprint density at radius 1 is 1.06 bits per heavy atom. The molecule has 2 nitrogen and oxygen atoms in total. The second kappa shape index (κ2) is 4.61. The minimum absolute atomic E-state index is 0.245. The van der Waals surface area contributed by atoms with Crippen molar-refractivity contribution in [1.82, 2.24) is 0 Å². The number of aryl methyl sites for hydroxylation is 2. The molecular formula is C15H13FO2. The monoisotopic (exact) mass is 244 g/mol. The van der Waals surface area contributed by atoms with Gasteiger partial charge in [-0.05, 0) is 54.3 Å². The van der Waals surface area contributed by atoms with Crippen molar-refractivity contribution in [2.75, 3.05) is 0 Å². The first kappa shape index (κ1) is 12.3. The Bertz CT molecular complexity index is 598. The molecule has 0 aliphatic rings. The van der Waals surface area contributed by atoms with Crippen LogP contribution in [0.25, 0.3) is 11.1 Å². The molecule has 0 bridgehead atoms. The minimum Gasteiger partial charge on any atom is -0.478 e. The molecule has 0 spiro atoms. The standard InChI is InChI=1S/C15H13FO2/c1-9-5-12(7-13(16)6-9)11-4-3-10(2)14(8-11)15(17)18/h3-8H,1-2H3,(H,17,18). The fourth-order valence-electron chi connectivity index (χ4n) is 1.93. The molecule has 2 aromatic carbocycles. The van der Waals surface area contributed by atoms with E-state index in [0.29, 0.717) is 16.7 Å². The van der Waals surface area contributed by atoms with Gasteiger partial charge in [-0.3, -0.25) is 0 Å². The van der Waals surface area contributed by atoms with Gasteiger partial charge in [0.2, 0.25) is 0 Å². The largest absolute Gasteiger partial charge is 0.478 e. The zero-order valence-electron chi connectivity index (χ0n) is 10.2. The summed E-state index contributed by atoms with van der Waals surface area (Å²) in [5.74, 6) is -1.29. The number of halogens is 1. The van der Waals surface area contributed by atoms with E-state index in [9.17, 15) is 9.18 Å². The van der Waals surface area contributed by atoms with Crippen LogP contribution in [0.5, 0.6) is 0 Å². The average Bonchev–Trinajstić information content (AvgIpc) is 2.27. The summed E-state index contributed by atoms with van der Waals surface area (Å²) in [5, 5.41) is 9.07. The first-order chi connectivity index (χ1) is 8.47. The number of hydrogen-bond acceptors (Lipinski definition) is 1. The lowest BCUT2D eigenvalue weighted by molar-refractivity contribution is 0.0696. The summed E-state index contributed by atoms with van der Waals surface area (Å²) >= 11 is 0. The van der Waals surface area contributed by atoms with E-state index >= 15 is 0 Å². The van der Waals surface area contributed by atoms with Crippen molar-refractivity contribution in [1.29, 1.82) is 0 Å². The van der Waals surface area contributed by atoms with Crippen LogP contribution in [0.2, 0.25) is 0 Å². The Hall–Kier alpha value is -2.16. The number of benzene rings is 2. The third kappa shape index (κ3) is 2.40. The normalized spacial score (nSPS) is 10.4. The Balaban J connectivity index is 2.57. The summed E-state index contributed by atoms with van der Waals surface area (Å²) in [7, 11) is 0. The Kier molecular flexibility index (Phi) is 3.15. The molecule has 0 saturated heterocycles. The minimum atomic E-state index is -0.970. The van der Waals surface area contributed by atoms with Crippen molar-refractivity contribution in [2.24, 2.45) is 0 Å². The lowest BCUT2D eigenvalue weighted by Gasteiger charge is -2.07. The zero-order chi connectivity index (χ0) is 13.3. The van der Waals surface area contributed by atoms with Crippen LogP contribution in [0.15, 0.2) is 36.4 Å². The molecule has 3 heteroatoms. The van der Waals surface area contributed by atoms with Gasteiger partial charge in [0.15, 0.2) is 0 Å². The third-order valence-corrected chi connectivity index (χ3v) is 2.84. The molecule has 0 saturated carbocycles. The summed E-state index contributed by atoms with van der Waals surface area (Å²) in [6.45, 7) is 3.54. The second-order valence-electron chi connectivity index (χ2n) is 4.35. The zero-order valence-corrected chi connectivity index (χ0v) is 10.2. The molecule has 18 heavy (non-hydrogen) atoms. The van der Waals surface area contributed by atoms with Gasteiger partial charge in [-0.15, -0.1) is 0 Å². The van der Waals surface area contributed by atoms with Gasteiger partial charge in [-0.2, -0.15) is 0 Å². The molecule has 0 aliphatic heterocycles. The molecule has 0 amide bonds. The summed E-state index contributed by atoms with van der Waals surface area (Å²) in [6.07, 6.45) is 0. The Morgan fingerprint density at radius 2 is 1.78 bits per heavy atom. The molecular weight excluding hydrogens is 231 g/mol. The van der Waals surface area contributed by atoms with Gasteiger partial charge in [0.25, 0.3) is 0 Å².